The van der Waals surface area contributed by atoms with Crippen LogP contribution in [0.1, 0.15) is 33.4 Å². The first-order valence-electron chi connectivity index (χ1n) is 10.5. The third-order valence-corrected chi connectivity index (χ3v) is 4.48. The highest BCUT2D eigenvalue weighted by Gasteiger charge is 1.96. The predicted molar refractivity (Wildman–Crippen MR) is 125 cm³/mol. The minimum absolute atomic E-state index is 0.0286. The van der Waals surface area contributed by atoms with Crippen molar-refractivity contribution in [3.63, 3.8) is 0 Å². The van der Waals surface area contributed by atoms with Crippen LogP contribution in [0.5, 0.6) is 0 Å². The van der Waals surface area contributed by atoms with Gasteiger partial charge < -0.3 is 19.7 Å². The van der Waals surface area contributed by atoms with Crippen LogP contribution in [0.2, 0.25) is 0 Å². The summed E-state index contributed by atoms with van der Waals surface area (Å²) in [4.78, 5) is 0. The lowest BCUT2D eigenvalue weighted by Gasteiger charge is -2.02. The van der Waals surface area contributed by atoms with Crippen molar-refractivity contribution in [1.82, 2.24) is 0 Å². The smallest absolute Gasteiger partial charge is 0.0718 e. The van der Waals surface area contributed by atoms with Gasteiger partial charge in [0.15, 0.2) is 0 Å². The maximum atomic E-state index is 8.76. The second-order valence-corrected chi connectivity index (χ2v) is 7.03. The van der Waals surface area contributed by atoms with Gasteiger partial charge in [-0.3, -0.25) is 0 Å². The summed E-state index contributed by atoms with van der Waals surface area (Å²) in [7, 11) is 0. The molecule has 0 radical (unpaired) electrons. The fraction of sp³-hybridized carbons (Fsp3) is 0.214. The Hall–Kier alpha value is -3.38. The Labute approximate surface area is 189 Å². The van der Waals surface area contributed by atoms with Gasteiger partial charge in [-0.25, -0.2) is 0 Å². The first-order chi connectivity index (χ1) is 15.8. The molecular weight excluding hydrogens is 400 g/mol. The topological polar surface area (TPSA) is 58.9 Å². The lowest BCUT2D eigenvalue weighted by Crippen LogP contribution is -1.99. The average molecular weight is 427 g/mol. The number of hydrogen-bond donors (Lipinski definition) is 2. The van der Waals surface area contributed by atoms with E-state index in [-0.39, 0.29) is 13.2 Å². The van der Waals surface area contributed by atoms with Crippen molar-refractivity contribution in [2.75, 3.05) is 26.4 Å². The third kappa shape index (κ3) is 8.04. The van der Waals surface area contributed by atoms with Crippen LogP contribution < -0.4 is 0 Å². The fourth-order valence-electron chi connectivity index (χ4n) is 2.84. The van der Waals surface area contributed by atoms with E-state index in [0.29, 0.717) is 26.4 Å². The first-order valence-corrected chi connectivity index (χ1v) is 10.5. The van der Waals surface area contributed by atoms with E-state index in [4.69, 9.17) is 19.7 Å². The summed E-state index contributed by atoms with van der Waals surface area (Å²) >= 11 is 0. The van der Waals surface area contributed by atoms with Gasteiger partial charge in [0.2, 0.25) is 0 Å². The summed E-state index contributed by atoms with van der Waals surface area (Å²) in [5.41, 5.74) is 5.76. The molecule has 0 aromatic heterocycles. The lowest BCUT2D eigenvalue weighted by atomic mass is 10.1. The van der Waals surface area contributed by atoms with Crippen LogP contribution in [0.25, 0.3) is 0 Å². The number of ether oxygens (including phenoxy) is 2. The zero-order chi connectivity index (χ0) is 22.4. The molecule has 0 aliphatic rings. The zero-order valence-electron chi connectivity index (χ0n) is 17.9. The Balaban J connectivity index is 1.61. The molecule has 0 saturated carbocycles. The van der Waals surface area contributed by atoms with Crippen molar-refractivity contribution in [3.05, 3.63) is 106 Å². The molecule has 32 heavy (non-hydrogen) atoms. The molecule has 3 rings (SSSR count). The molecule has 162 valence electrons. The van der Waals surface area contributed by atoms with Gasteiger partial charge in [-0.1, -0.05) is 54.0 Å². The molecule has 0 aliphatic heterocycles. The Morgan fingerprint density at radius 1 is 0.531 bits per heavy atom. The van der Waals surface area contributed by atoms with Crippen molar-refractivity contribution in [1.29, 1.82) is 0 Å². The molecule has 2 N–H and O–H groups in total. The second kappa shape index (κ2) is 13.1. The molecular formula is C28H26O4. The van der Waals surface area contributed by atoms with E-state index >= 15 is 0 Å². The van der Waals surface area contributed by atoms with E-state index in [1.54, 1.807) is 0 Å². The standard InChI is InChI=1S/C28H26O4/c29-16-18-31-21-27-12-6-23(7-13-27)4-10-25-2-1-3-26(20-25)11-5-24-8-14-28(15-9-24)22-32-19-17-30/h1-3,6-9,12-15,20,29-30H,16-19,21-22H2. The molecule has 0 aliphatic carbocycles. The molecule has 4 nitrogen and oxygen atoms in total. The van der Waals surface area contributed by atoms with Crippen molar-refractivity contribution in [3.8, 4) is 23.7 Å². The number of rotatable bonds is 8. The highest BCUT2D eigenvalue weighted by molar-refractivity contribution is 5.49. The molecule has 0 heterocycles. The quantitative estimate of drug-likeness (QED) is 0.428. The molecule has 0 unspecified atom stereocenters. The molecule has 3 aromatic rings. The van der Waals surface area contributed by atoms with Crippen LogP contribution in [0.15, 0.2) is 72.8 Å². The van der Waals surface area contributed by atoms with Crippen LogP contribution >= 0.6 is 0 Å². The highest BCUT2D eigenvalue weighted by atomic mass is 16.5. The number of benzene rings is 3. The molecule has 0 fully saturated rings. The van der Waals surface area contributed by atoms with Gasteiger partial charge >= 0.3 is 0 Å². The van der Waals surface area contributed by atoms with Crippen LogP contribution in [-0.4, -0.2) is 36.6 Å². The first kappa shape index (κ1) is 23.3. The van der Waals surface area contributed by atoms with Crippen molar-refractivity contribution in [2.24, 2.45) is 0 Å². The molecule has 4 heteroatoms. The molecule has 3 aromatic carbocycles. The van der Waals surface area contributed by atoms with Crippen LogP contribution in [0.3, 0.4) is 0 Å². The van der Waals surface area contributed by atoms with Crippen molar-refractivity contribution >= 4 is 0 Å². The summed E-state index contributed by atoms with van der Waals surface area (Å²) in [5.74, 6) is 12.7. The fourth-order valence-corrected chi connectivity index (χ4v) is 2.84. The van der Waals surface area contributed by atoms with E-state index < -0.39 is 0 Å². The largest absolute Gasteiger partial charge is 0.394 e. The normalized spacial score (nSPS) is 10.1. The minimum atomic E-state index is 0.0286. The SMILES string of the molecule is OCCOCc1ccc(C#Cc2cccc(C#Cc3ccc(COCCO)cc3)c2)cc1. The number of hydrogen-bond acceptors (Lipinski definition) is 4. The third-order valence-electron chi connectivity index (χ3n) is 4.48. The summed E-state index contributed by atoms with van der Waals surface area (Å²) in [6.07, 6.45) is 0. The summed E-state index contributed by atoms with van der Waals surface area (Å²) in [6.45, 7) is 1.70. The monoisotopic (exact) mass is 426 g/mol. The maximum Gasteiger partial charge on any atom is 0.0718 e. The van der Waals surface area contributed by atoms with Gasteiger partial charge in [-0.05, 0) is 53.6 Å². The lowest BCUT2D eigenvalue weighted by molar-refractivity contribution is 0.0815. The van der Waals surface area contributed by atoms with Crippen LogP contribution in [0, 0.1) is 23.7 Å². The van der Waals surface area contributed by atoms with E-state index in [9.17, 15) is 0 Å². The Morgan fingerprint density at radius 3 is 1.34 bits per heavy atom. The van der Waals surface area contributed by atoms with Gasteiger partial charge in [0.1, 0.15) is 0 Å². The molecule has 0 bridgehead atoms. The highest BCUT2D eigenvalue weighted by Crippen LogP contribution is 2.08. The Bertz CT molecular complexity index is 1010. The van der Waals surface area contributed by atoms with Crippen molar-refractivity contribution < 1.29 is 19.7 Å². The van der Waals surface area contributed by atoms with Gasteiger partial charge in [-0.2, -0.15) is 0 Å². The molecule has 0 atom stereocenters. The maximum absolute atomic E-state index is 8.76. The number of aliphatic hydroxyl groups excluding tert-OH is 2. The van der Waals surface area contributed by atoms with E-state index in [0.717, 1.165) is 33.4 Å². The Kier molecular flexibility index (Phi) is 9.55. The van der Waals surface area contributed by atoms with Gasteiger partial charge in [-0.15, -0.1) is 0 Å². The van der Waals surface area contributed by atoms with Crippen LogP contribution in [-0.2, 0) is 22.7 Å². The summed E-state index contributed by atoms with van der Waals surface area (Å²) in [5, 5.41) is 17.5. The van der Waals surface area contributed by atoms with Gasteiger partial charge in [0.25, 0.3) is 0 Å². The minimum Gasteiger partial charge on any atom is -0.394 e. The summed E-state index contributed by atoms with van der Waals surface area (Å²) < 4.78 is 10.6. The average Bonchev–Trinajstić information content (AvgIpc) is 2.84. The second-order valence-electron chi connectivity index (χ2n) is 7.03. The van der Waals surface area contributed by atoms with E-state index in [1.807, 2.05) is 72.8 Å². The Morgan fingerprint density at radius 2 is 0.938 bits per heavy atom. The van der Waals surface area contributed by atoms with Gasteiger partial charge in [0.05, 0.1) is 39.6 Å². The van der Waals surface area contributed by atoms with Crippen LogP contribution in [0.4, 0.5) is 0 Å². The molecule has 0 amide bonds. The van der Waals surface area contributed by atoms with E-state index in [1.165, 1.54) is 0 Å². The zero-order valence-corrected chi connectivity index (χ0v) is 17.9. The summed E-state index contributed by atoms with van der Waals surface area (Å²) in [6, 6.07) is 23.7. The van der Waals surface area contributed by atoms with E-state index in [2.05, 4.69) is 23.7 Å². The molecule has 0 spiro atoms. The van der Waals surface area contributed by atoms with Gasteiger partial charge in [0, 0.05) is 22.3 Å². The molecule has 0 saturated heterocycles. The number of aliphatic hydroxyl groups is 2. The predicted octanol–water partition coefficient (Wildman–Crippen LogP) is 3.50. The van der Waals surface area contributed by atoms with Crippen molar-refractivity contribution in [2.45, 2.75) is 13.2 Å².